The Kier molecular flexibility index (Phi) is 6.38. The second-order valence-electron chi connectivity index (χ2n) is 3.87. The Morgan fingerprint density at radius 2 is 2.00 bits per heavy atom. The van der Waals surface area contributed by atoms with Crippen LogP contribution in [-0.4, -0.2) is 18.6 Å². The Morgan fingerprint density at radius 1 is 1.19 bits per heavy atom. The van der Waals surface area contributed by atoms with Gasteiger partial charge in [0.15, 0.2) is 0 Å². The van der Waals surface area contributed by atoms with E-state index in [1.54, 1.807) is 0 Å². The zero-order valence-electron chi connectivity index (χ0n) is 10.3. The van der Waals surface area contributed by atoms with Crippen molar-refractivity contribution in [3.63, 3.8) is 0 Å². The Morgan fingerprint density at radius 3 is 2.75 bits per heavy atom. The van der Waals surface area contributed by atoms with Gasteiger partial charge in [0.2, 0.25) is 5.88 Å². The van der Waals surface area contributed by atoms with Gasteiger partial charge in [-0.05, 0) is 12.5 Å². The predicted octanol–water partition coefficient (Wildman–Crippen LogP) is 3.47. The zero-order valence-corrected chi connectivity index (χ0v) is 10.3. The topological polar surface area (TPSA) is 34.1 Å². The van der Waals surface area contributed by atoms with Gasteiger partial charge in [-0.2, -0.15) is 4.98 Å². The number of nitrogens with zero attached hydrogens (tertiary/aromatic N) is 1. The number of ether oxygens (including phenoxy) is 1. The molecule has 0 aliphatic carbocycles. The van der Waals surface area contributed by atoms with Gasteiger partial charge in [-0.15, -0.1) is 0 Å². The van der Waals surface area contributed by atoms with E-state index in [9.17, 15) is 0 Å². The van der Waals surface area contributed by atoms with E-state index in [1.807, 2.05) is 25.2 Å². The standard InChI is InChI=1S/C13H22N2O/c1-3-4-5-6-7-11-16-13-10-8-9-12(14-2)15-13/h8-10H,3-7,11H2,1-2H3,(H,14,15). The number of hydrogen-bond donors (Lipinski definition) is 1. The molecule has 1 aromatic heterocycles. The molecule has 0 radical (unpaired) electrons. The van der Waals surface area contributed by atoms with E-state index in [0.29, 0.717) is 5.88 Å². The molecule has 0 saturated carbocycles. The summed E-state index contributed by atoms with van der Waals surface area (Å²) in [6.45, 7) is 2.99. The second kappa shape index (κ2) is 7.97. The first kappa shape index (κ1) is 12.8. The van der Waals surface area contributed by atoms with Gasteiger partial charge in [0, 0.05) is 13.1 Å². The second-order valence-corrected chi connectivity index (χ2v) is 3.87. The molecule has 0 amide bonds. The summed E-state index contributed by atoms with van der Waals surface area (Å²) in [6.07, 6.45) is 6.29. The number of aromatic nitrogens is 1. The Balaban J connectivity index is 2.16. The first-order chi connectivity index (χ1) is 7.86. The van der Waals surface area contributed by atoms with E-state index in [4.69, 9.17) is 4.74 Å². The number of anilines is 1. The minimum Gasteiger partial charge on any atom is -0.478 e. The number of unbranched alkanes of at least 4 members (excludes halogenated alkanes) is 4. The Hall–Kier alpha value is -1.25. The van der Waals surface area contributed by atoms with Crippen molar-refractivity contribution in [3.05, 3.63) is 18.2 Å². The average molecular weight is 222 g/mol. The van der Waals surface area contributed by atoms with Crippen LogP contribution in [0.15, 0.2) is 18.2 Å². The molecule has 0 aromatic carbocycles. The summed E-state index contributed by atoms with van der Waals surface area (Å²) >= 11 is 0. The molecule has 0 aliphatic rings. The lowest BCUT2D eigenvalue weighted by Crippen LogP contribution is -2.00. The fourth-order valence-electron chi connectivity index (χ4n) is 1.52. The highest BCUT2D eigenvalue weighted by Crippen LogP contribution is 2.11. The maximum Gasteiger partial charge on any atom is 0.215 e. The van der Waals surface area contributed by atoms with Crippen molar-refractivity contribution in [1.29, 1.82) is 0 Å². The molecule has 3 heteroatoms. The van der Waals surface area contributed by atoms with E-state index in [0.717, 1.165) is 18.8 Å². The molecule has 0 bridgehead atoms. The van der Waals surface area contributed by atoms with Crippen LogP contribution in [-0.2, 0) is 0 Å². The van der Waals surface area contributed by atoms with Crippen LogP contribution in [0.2, 0.25) is 0 Å². The van der Waals surface area contributed by atoms with Crippen LogP contribution in [0.3, 0.4) is 0 Å². The Labute approximate surface area is 98.2 Å². The van der Waals surface area contributed by atoms with Crippen molar-refractivity contribution in [1.82, 2.24) is 4.98 Å². The quantitative estimate of drug-likeness (QED) is 0.684. The first-order valence-electron chi connectivity index (χ1n) is 6.14. The normalized spacial score (nSPS) is 10.1. The van der Waals surface area contributed by atoms with Crippen LogP contribution in [0, 0.1) is 0 Å². The van der Waals surface area contributed by atoms with E-state index in [1.165, 1.54) is 25.7 Å². The summed E-state index contributed by atoms with van der Waals surface area (Å²) in [5, 5.41) is 2.99. The lowest BCUT2D eigenvalue weighted by atomic mass is 10.2. The maximum absolute atomic E-state index is 5.58. The van der Waals surface area contributed by atoms with Gasteiger partial charge in [-0.25, -0.2) is 0 Å². The minimum atomic E-state index is 0.711. The fourth-order valence-corrected chi connectivity index (χ4v) is 1.52. The van der Waals surface area contributed by atoms with Crippen LogP contribution in [0.25, 0.3) is 0 Å². The van der Waals surface area contributed by atoms with E-state index in [-0.39, 0.29) is 0 Å². The molecule has 0 atom stereocenters. The number of rotatable bonds is 8. The van der Waals surface area contributed by atoms with E-state index >= 15 is 0 Å². The lowest BCUT2D eigenvalue weighted by Gasteiger charge is -2.06. The van der Waals surface area contributed by atoms with Crippen molar-refractivity contribution in [2.45, 2.75) is 39.0 Å². The number of hydrogen-bond acceptors (Lipinski definition) is 3. The van der Waals surface area contributed by atoms with Crippen molar-refractivity contribution in [2.24, 2.45) is 0 Å². The zero-order chi connectivity index (χ0) is 11.6. The molecule has 1 aromatic rings. The molecular formula is C13H22N2O. The minimum absolute atomic E-state index is 0.711. The number of pyridine rings is 1. The van der Waals surface area contributed by atoms with Gasteiger partial charge in [0.05, 0.1) is 6.61 Å². The van der Waals surface area contributed by atoms with Gasteiger partial charge in [0.25, 0.3) is 0 Å². The molecular weight excluding hydrogens is 200 g/mol. The Bertz CT molecular complexity index is 289. The summed E-state index contributed by atoms with van der Waals surface area (Å²) in [5.41, 5.74) is 0. The molecule has 1 N–H and O–H groups in total. The third kappa shape index (κ3) is 5.01. The highest BCUT2D eigenvalue weighted by molar-refractivity contribution is 5.35. The molecule has 0 aliphatic heterocycles. The number of nitrogens with one attached hydrogen (secondary N) is 1. The molecule has 0 fully saturated rings. The maximum atomic E-state index is 5.58. The molecule has 0 unspecified atom stereocenters. The SMILES string of the molecule is CCCCCCCOc1cccc(NC)n1. The fraction of sp³-hybridized carbons (Fsp3) is 0.615. The van der Waals surface area contributed by atoms with Gasteiger partial charge in [-0.1, -0.05) is 38.7 Å². The predicted molar refractivity (Wildman–Crippen MR) is 68.0 cm³/mol. The molecule has 0 spiro atoms. The van der Waals surface area contributed by atoms with Crippen LogP contribution in [0.5, 0.6) is 5.88 Å². The van der Waals surface area contributed by atoms with Crippen LogP contribution < -0.4 is 10.1 Å². The average Bonchev–Trinajstić information content (AvgIpc) is 2.34. The van der Waals surface area contributed by atoms with Gasteiger partial charge >= 0.3 is 0 Å². The summed E-state index contributed by atoms with van der Waals surface area (Å²) in [4.78, 5) is 4.29. The third-order valence-corrected chi connectivity index (χ3v) is 2.48. The highest BCUT2D eigenvalue weighted by Gasteiger charge is 1.96. The molecule has 1 rings (SSSR count). The van der Waals surface area contributed by atoms with Crippen LogP contribution >= 0.6 is 0 Å². The summed E-state index contributed by atoms with van der Waals surface area (Å²) in [7, 11) is 1.86. The van der Waals surface area contributed by atoms with Crippen LogP contribution in [0.4, 0.5) is 5.82 Å². The molecule has 1 heterocycles. The first-order valence-corrected chi connectivity index (χ1v) is 6.14. The van der Waals surface area contributed by atoms with Crippen molar-refractivity contribution in [3.8, 4) is 5.88 Å². The largest absolute Gasteiger partial charge is 0.478 e. The lowest BCUT2D eigenvalue weighted by molar-refractivity contribution is 0.294. The van der Waals surface area contributed by atoms with Crippen LogP contribution in [0.1, 0.15) is 39.0 Å². The smallest absolute Gasteiger partial charge is 0.215 e. The van der Waals surface area contributed by atoms with Crippen molar-refractivity contribution in [2.75, 3.05) is 19.0 Å². The monoisotopic (exact) mass is 222 g/mol. The highest BCUT2D eigenvalue weighted by atomic mass is 16.5. The molecule has 3 nitrogen and oxygen atoms in total. The van der Waals surface area contributed by atoms with E-state index in [2.05, 4.69) is 17.2 Å². The summed E-state index contributed by atoms with van der Waals surface area (Å²) in [5.74, 6) is 1.56. The summed E-state index contributed by atoms with van der Waals surface area (Å²) < 4.78 is 5.58. The van der Waals surface area contributed by atoms with Gasteiger partial charge in [0.1, 0.15) is 5.82 Å². The van der Waals surface area contributed by atoms with Crippen molar-refractivity contribution < 1.29 is 4.74 Å². The van der Waals surface area contributed by atoms with E-state index < -0.39 is 0 Å². The van der Waals surface area contributed by atoms with Gasteiger partial charge < -0.3 is 10.1 Å². The molecule has 0 saturated heterocycles. The summed E-state index contributed by atoms with van der Waals surface area (Å²) in [6, 6.07) is 5.77. The van der Waals surface area contributed by atoms with Crippen molar-refractivity contribution >= 4 is 5.82 Å². The molecule has 16 heavy (non-hydrogen) atoms. The van der Waals surface area contributed by atoms with Gasteiger partial charge in [-0.3, -0.25) is 0 Å². The molecule has 90 valence electrons. The third-order valence-electron chi connectivity index (χ3n) is 2.48.